The van der Waals surface area contributed by atoms with Crippen LogP contribution in [0.1, 0.15) is 11.1 Å². The summed E-state index contributed by atoms with van der Waals surface area (Å²) in [4.78, 5) is 10.6. The number of nitrogens with one attached hydrogen (secondary N) is 1. The fraction of sp³-hybridized carbons (Fsp3) is 0.0714. The van der Waals surface area contributed by atoms with E-state index in [4.69, 9.17) is 15.6 Å². The third kappa shape index (κ3) is 2.31. The van der Waals surface area contributed by atoms with Gasteiger partial charge in [-0.2, -0.15) is 10.5 Å². The lowest BCUT2D eigenvalue weighted by Gasteiger charge is -2.10. The number of carboxylic acid groups (broad SMARTS) is 1. The number of fused-ring (bicyclic) bond motifs is 1. The molecule has 0 radical (unpaired) electrons. The monoisotopic (exact) mass is 251 g/mol. The zero-order valence-electron chi connectivity index (χ0n) is 9.84. The van der Waals surface area contributed by atoms with Gasteiger partial charge in [0.2, 0.25) is 0 Å². The third-order valence-corrected chi connectivity index (χ3v) is 2.71. The molecule has 0 aliphatic rings. The Hall–Kier alpha value is -3.05. The number of benzene rings is 2. The molecule has 0 aliphatic heterocycles. The van der Waals surface area contributed by atoms with Gasteiger partial charge in [-0.3, -0.25) is 4.79 Å². The fourth-order valence-electron chi connectivity index (χ4n) is 1.92. The lowest BCUT2D eigenvalue weighted by molar-refractivity contribution is -0.134. The predicted molar refractivity (Wildman–Crippen MR) is 69.5 cm³/mol. The highest BCUT2D eigenvalue weighted by Crippen LogP contribution is 2.29. The molecule has 0 aliphatic carbocycles. The maximum atomic E-state index is 10.6. The average Bonchev–Trinajstić information content (AvgIpc) is 2.43. The van der Waals surface area contributed by atoms with Crippen molar-refractivity contribution in [2.24, 2.45) is 0 Å². The number of carbonyl (C=O) groups is 1. The van der Waals surface area contributed by atoms with Gasteiger partial charge >= 0.3 is 5.97 Å². The maximum Gasteiger partial charge on any atom is 0.322 e. The molecule has 2 aromatic rings. The van der Waals surface area contributed by atoms with Gasteiger partial charge in [-0.15, -0.1) is 0 Å². The number of nitriles is 2. The Bertz CT molecular complexity index is 718. The van der Waals surface area contributed by atoms with E-state index in [1.54, 1.807) is 30.3 Å². The smallest absolute Gasteiger partial charge is 0.322 e. The van der Waals surface area contributed by atoms with Gasteiger partial charge in [-0.25, -0.2) is 0 Å². The summed E-state index contributed by atoms with van der Waals surface area (Å²) in [5, 5.41) is 30.8. The molecule has 0 amide bonds. The highest BCUT2D eigenvalue weighted by atomic mass is 16.4. The van der Waals surface area contributed by atoms with Gasteiger partial charge in [0.25, 0.3) is 0 Å². The molecule has 2 rings (SSSR count). The second-order valence-electron chi connectivity index (χ2n) is 3.86. The van der Waals surface area contributed by atoms with Crippen molar-refractivity contribution in [2.45, 2.75) is 0 Å². The van der Waals surface area contributed by atoms with Gasteiger partial charge in [0.05, 0.1) is 23.3 Å². The van der Waals surface area contributed by atoms with Crippen molar-refractivity contribution in [3.05, 3.63) is 41.5 Å². The van der Waals surface area contributed by atoms with Crippen molar-refractivity contribution in [2.75, 3.05) is 11.9 Å². The standard InChI is InChI=1S/C14H9N3O2/c15-6-9-2-1-3-11-12(17-8-13(18)19)5-4-10(7-16)14(9)11/h1-5,17H,8H2,(H,18,19). The van der Waals surface area contributed by atoms with Gasteiger partial charge < -0.3 is 10.4 Å². The number of aliphatic carboxylic acids is 1. The first-order valence-corrected chi connectivity index (χ1v) is 5.49. The fourth-order valence-corrected chi connectivity index (χ4v) is 1.92. The lowest BCUT2D eigenvalue weighted by Crippen LogP contribution is -2.12. The van der Waals surface area contributed by atoms with E-state index < -0.39 is 5.97 Å². The van der Waals surface area contributed by atoms with Crippen molar-refractivity contribution in [1.82, 2.24) is 0 Å². The normalized spacial score (nSPS) is 9.58. The first-order chi connectivity index (χ1) is 9.17. The zero-order chi connectivity index (χ0) is 13.8. The van der Waals surface area contributed by atoms with E-state index in [1.807, 2.05) is 12.1 Å². The van der Waals surface area contributed by atoms with Gasteiger partial charge in [0, 0.05) is 16.5 Å². The zero-order valence-corrected chi connectivity index (χ0v) is 9.84. The number of anilines is 1. The minimum Gasteiger partial charge on any atom is -0.480 e. The van der Waals surface area contributed by atoms with E-state index in [9.17, 15) is 4.79 Å². The Morgan fingerprint density at radius 2 is 1.84 bits per heavy atom. The van der Waals surface area contributed by atoms with Crippen LogP contribution in [0, 0.1) is 22.7 Å². The molecule has 0 atom stereocenters. The van der Waals surface area contributed by atoms with E-state index in [-0.39, 0.29) is 6.54 Å². The molecule has 0 fully saturated rings. The van der Waals surface area contributed by atoms with E-state index in [0.717, 1.165) is 0 Å². The quantitative estimate of drug-likeness (QED) is 0.870. The molecule has 5 heteroatoms. The first-order valence-electron chi connectivity index (χ1n) is 5.49. The van der Waals surface area contributed by atoms with Crippen molar-refractivity contribution in [1.29, 1.82) is 10.5 Å². The van der Waals surface area contributed by atoms with Crippen LogP contribution in [0.15, 0.2) is 30.3 Å². The molecule has 5 nitrogen and oxygen atoms in total. The second kappa shape index (κ2) is 5.07. The van der Waals surface area contributed by atoms with Gasteiger partial charge in [0.15, 0.2) is 0 Å². The van der Waals surface area contributed by atoms with Crippen LogP contribution in [0.3, 0.4) is 0 Å². The van der Waals surface area contributed by atoms with Crippen LogP contribution in [-0.2, 0) is 4.79 Å². The molecule has 2 N–H and O–H groups in total. The number of hydrogen-bond donors (Lipinski definition) is 2. The Morgan fingerprint density at radius 3 is 2.47 bits per heavy atom. The van der Waals surface area contributed by atoms with Crippen LogP contribution in [-0.4, -0.2) is 17.6 Å². The second-order valence-corrected chi connectivity index (χ2v) is 3.86. The number of rotatable bonds is 3. The Morgan fingerprint density at radius 1 is 1.16 bits per heavy atom. The molecule has 0 bridgehead atoms. The summed E-state index contributed by atoms with van der Waals surface area (Å²) < 4.78 is 0. The summed E-state index contributed by atoms with van der Waals surface area (Å²) >= 11 is 0. The minimum atomic E-state index is -0.978. The topological polar surface area (TPSA) is 96.9 Å². The number of hydrogen-bond acceptors (Lipinski definition) is 4. The van der Waals surface area contributed by atoms with Crippen molar-refractivity contribution in [3.63, 3.8) is 0 Å². The SMILES string of the molecule is N#Cc1cccc2c(NCC(=O)O)ccc(C#N)c12. The van der Waals surface area contributed by atoms with Crippen molar-refractivity contribution < 1.29 is 9.90 Å². The summed E-state index contributed by atoms with van der Waals surface area (Å²) in [6, 6.07) is 12.4. The van der Waals surface area contributed by atoms with Crippen LogP contribution in [0.25, 0.3) is 10.8 Å². The highest BCUT2D eigenvalue weighted by molar-refractivity contribution is 6.01. The Balaban J connectivity index is 2.67. The van der Waals surface area contributed by atoms with Crippen molar-refractivity contribution >= 4 is 22.4 Å². The molecule has 0 heterocycles. The summed E-state index contributed by atoms with van der Waals surface area (Å²) in [5.74, 6) is -0.978. The van der Waals surface area contributed by atoms with E-state index >= 15 is 0 Å². The molecule has 19 heavy (non-hydrogen) atoms. The Kier molecular flexibility index (Phi) is 3.31. The maximum absolute atomic E-state index is 10.6. The number of nitrogens with zero attached hydrogens (tertiary/aromatic N) is 2. The molecule has 0 aromatic heterocycles. The largest absolute Gasteiger partial charge is 0.480 e. The molecular formula is C14H9N3O2. The van der Waals surface area contributed by atoms with E-state index in [2.05, 4.69) is 5.32 Å². The lowest BCUT2D eigenvalue weighted by atomic mass is 9.99. The minimum absolute atomic E-state index is 0.224. The molecule has 0 saturated heterocycles. The highest BCUT2D eigenvalue weighted by Gasteiger charge is 2.10. The molecule has 0 saturated carbocycles. The van der Waals surface area contributed by atoms with Crippen LogP contribution >= 0.6 is 0 Å². The summed E-state index contributed by atoms with van der Waals surface area (Å²) in [5.41, 5.74) is 1.38. The van der Waals surface area contributed by atoms with E-state index in [1.165, 1.54) is 0 Å². The molecular weight excluding hydrogens is 242 g/mol. The van der Waals surface area contributed by atoms with Gasteiger partial charge in [-0.05, 0) is 18.2 Å². The number of carboxylic acids is 1. The summed E-state index contributed by atoms with van der Waals surface area (Å²) in [6.45, 7) is -0.224. The molecule has 2 aromatic carbocycles. The molecule has 92 valence electrons. The third-order valence-electron chi connectivity index (χ3n) is 2.71. The van der Waals surface area contributed by atoms with Gasteiger partial charge in [0.1, 0.15) is 6.54 Å². The molecule has 0 unspecified atom stereocenters. The van der Waals surface area contributed by atoms with Crippen LogP contribution < -0.4 is 5.32 Å². The van der Waals surface area contributed by atoms with Gasteiger partial charge in [-0.1, -0.05) is 12.1 Å². The predicted octanol–water partition coefficient (Wildman–Crippen LogP) is 2.08. The Labute approximate surface area is 109 Å². The summed E-state index contributed by atoms with van der Waals surface area (Å²) in [7, 11) is 0. The van der Waals surface area contributed by atoms with E-state index in [0.29, 0.717) is 27.6 Å². The summed E-state index contributed by atoms with van der Waals surface area (Å²) in [6.07, 6.45) is 0. The first kappa shape index (κ1) is 12.4. The average molecular weight is 251 g/mol. The van der Waals surface area contributed by atoms with Crippen molar-refractivity contribution in [3.8, 4) is 12.1 Å². The molecule has 0 spiro atoms. The van der Waals surface area contributed by atoms with Crippen LogP contribution in [0.4, 0.5) is 5.69 Å². The van der Waals surface area contributed by atoms with Crippen LogP contribution in [0.5, 0.6) is 0 Å². The van der Waals surface area contributed by atoms with Crippen LogP contribution in [0.2, 0.25) is 0 Å².